The van der Waals surface area contributed by atoms with Crippen LogP contribution >= 0.6 is 11.3 Å². The molecule has 0 aliphatic heterocycles. The van der Waals surface area contributed by atoms with Crippen molar-refractivity contribution in [3.8, 4) is 0 Å². The van der Waals surface area contributed by atoms with E-state index in [1.165, 1.54) is 15.6 Å². The van der Waals surface area contributed by atoms with Gasteiger partial charge in [-0.2, -0.15) is 0 Å². The molecule has 98 valence electrons. The molecule has 0 bridgehead atoms. The molecule has 0 fully saturated rings. The topological polar surface area (TPSA) is 57.6 Å². The van der Waals surface area contributed by atoms with Crippen molar-refractivity contribution in [1.29, 1.82) is 0 Å². The number of hydrogen-bond acceptors (Lipinski definition) is 4. The molecular formula is C11H19NO3S2. The summed E-state index contributed by atoms with van der Waals surface area (Å²) in [6.07, 6.45) is 0.828. The predicted octanol–water partition coefficient (Wildman–Crippen LogP) is 1.91. The number of thiophene rings is 1. The highest BCUT2D eigenvalue weighted by Gasteiger charge is 2.24. The molecule has 0 aliphatic rings. The molecule has 1 rings (SSSR count). The first-order chi connectivity index (χ1) is 7.89. The van der Waals surface area contributed by atoms with Crippen LogP contribution in [0.25, 0.3) is 0 Å². The summed E-state index contributed by atoms with van der Waals surface area (Å²) in [5, 5.41) is 10.8. The van der Waals surface area contributed by atoms with Crippen molar-refractivity contribution in [2.24, 2.45) is 5.92 Å². The van der Waals surface area contributed by atoms with Crippen molar-refractivity contribution in [3.63, 3.8) is 0 Å². The highest BCUT2D eigenvalue weighted by atomic mass is 32.2. The van der Waals surface area contributed by atoms with Gasteiger partial charge in [0, 0.05) is 18.5 Å². The fraction of sp³-hybridized carbons (Fsp3) is 0.636. The average molecular weight is 277 g/mol. The smallest absolute Gasteiger partial charge is 0.244 e. The number of aliphatic hydroxyl groups excluding tert-OH is 1. The second-order valence-electron chi connectivity index (χ2n) is 4.38. The third kappa shape index (κ3) is 3.51. The van der Waals surface area contributed by atoms with E-state index in [-0.39, 0.29) is 11.5 Å². The molecule has 0 unspecified atom stereocenters. The number of nitrogens with zero attached hydrogens (tertiary/aromatic N) is 1. The van der Waals surface area contributed by atoms with Crippen molar-refractivity contribution in [3.05, 3.63) is 16.3 Å². The number of sulfonamides is 1. The van der Waals surface area contributed by atoms with E-state index in [9.17, 15) is 8.42 Å². The fourth-order valence-corrected chi connectivity index (χ4v) is 3.85. The zero-order valence-corrected chi connectivity index (χ0v) is 12.0. The third-order valence-corrected chi connectivity index (χ3v) is 5.53. The van der Waals surface area contributed by atoms with Gasteiger partial charge >= 0.3 is 0 Å². The maximum absolute atomic E-state index is 12.2. The minimum absolute atomic E-state index is 0.232. The highest BCUT2D eigenvalue weighted by molar-refractivity contribution is 7.89. The van der Waals surface area contributed by atoms with Gasteiger partial charge in [-0.1, -0.05) is 13.8 Å². The van der Waals surface area contributed by atoms with E-state index in [1.807, 2.05) is 0 Å². The monoisotopic (exact) mass is 277 g/mol. The van der Waals surface area contributed by atoms with Crippen LogP contribution in [0.3, 0.4) is 0 Å². The summed E-state index contributed by atoms with van der Waals surface area (Å²) in [5.74, 6) is 0.465. The molecular weight excluding hydrogens is 258 g/mol. The number of hydrogen-bond donors (Lipinski definition) is 1. The van der Waals surface area contributed by atoms with Crippen LogP contribution < -0.4 is 0 Å². The van der Waals surface area contributed by atoms with Crippen LogP contribution in [0.1, 0.15) is 25.1 Å². The largest absolute Gasteiger partial charge is 0.391 e. The normalized spacial score (nSPS) is 12.6. The Bertz CT molecular complexity index is 451. The molecule has 1 heterocycles. The van der Waals surface area contributed by atoms with E-state index < -0.39 is 10.0 Å². The first-order valence-corrected chi connectivity index (χ1v) is 7.85. The van der Waals surface area contributed by atoms with Crippen LogP contribution in [-0.4, -0.2) is 31.4 Å². The van der Waals surface area contributed by atoms with E-state index in [2.05, 4.69) is 13.8 Å². The SMILES string of the molecule is CC(C)CCN(C)S(=O)(=O)c1ccsc1CO. The summed E-state index contributed by atoms with van der Waals surface area (Å²) in [6.45, 7) is 4.39. The lowest BCUT2D eigenvalue weighted by atomic mass is 10.1. The minimum Gasteiger partial charge on any atom is -0.391 e. The summed E-state index contributed by atoms with van der Waals surface area (Å²) < 4.78 is 25.8. The molecule has 17 heavy (non-hydrogen) atoms. The van der Waals surface area contributed by atoms with Gasteiger partial charge in [0.15, 0.2) is 0 Å². The molecule has 0 aliphatic carbocycles. The Kier molecular flexibility index (Phi) is 5.12. The Morgan fingerprint density at radius 3 is 2.65 bits per heavy atom. The zero-order chi connectivity index (χ0) is 13.1. The van der Waals surface area contributed by atoms with Crippen LogP contribution in [0, 0.1) is 5.92 Å². The predicted molar refractivity (Wildman–Crippen MR) is 69.5 cm³/mol. The molecule has 0 radical (unpaired) electrons. The fourth-order valence-electron chi connectivity index (χ4n) is 1.40. The van der Waals surface area contributed by atoms with Crippen LogP contribution in [0.2, 0.25) is 0 Å². The van der Waals surface area contributed by atoms with Crippen LogP contribution in [0.5, 0.6) is 0 Å². The summed E-state index contributed by atoms with van der Waals surface area (Å²) in [6, 6.07) is 1.55. The first kappa shape index (κ1) is 14.6. The standard InChI is InChI=1S/C11H19NO3S2/c1-9(2)4-6-12(3)17(14,15)11-5-7-16-10(11)8-13/h5,7,9,13H,4,6,8H2,1-3H3. The van der Waals surface area contributed by atoms with Gasteiger partial charge in [-0.15, -0.1) is 11.3 Å². The van der Waals surface area contributed by atoms with Gasteiger partial charge in [-0.25, -0.2) is 12.7 Å². The van der Waals surface area contributed by atoms with Crippen molar-refractivity contribution in [2.45, 2.75) is 31.8 Å². The van der Waals surface area contributed by atoms with Gasteiger partial charge < -0.3 is 5.11 Å². The molecule has 0 atom stereocenters. The third-order valence-electron chi connectivity index (χ3n) is 2.56. The van der Waals surface area contributed by atoms with E-state index in [4.69, 9.17) is 5.11 Å². The molecule has 1 aromatic rings. The van der Waals surface area contributed by atoms with E-state index >= 15 is 0 Å². The molecule has 1 N–H and O–H groups in total. The molecule has 0 saturated carbocycles. The average Bonchev–Trinajstić information content (AvgIpc) is 2.74. The Morgan fingerprint density at radius 2 is 2.12 bits per heavy atom. The summed E-state index contributed by atoms with van der Waals surface area (Å²) >= 11 is 1.26. The molecule has 6 heteroatoms. The van der Waals surface area contributed by atoms with E-state index in [0.717, 1.165) is 6.42 Å². The maximum Gasteiger partial charge on any atom is 0.244 e. The van der Waals surface area contributed by atoms with Gasteiger partial charge in [0.05, 0.1) is 11.5 Å². The second kappa shape index (κ2) is 5.95. The lowest BCUT2D eigenvalue weighted by Gasteiger charge is -2.18. The summed E-state index contributed by atoms with van der Waals surface area (Å²) in [7, 11) is -1.87. The summed E-state index contributed by atoms with van der Waals surface area (Å²) in [4.78, 5) is 0.734. The molecule has 0 spiro atoms. The zero-order valence-electron chi connectivity index (χ0n) is 10.4. The second-order valence-corrected chi connectivity index (χ2v) is 7.39. The maximum atomic E-state index is 12.2. The molecule has 0 aromatic carbocycles. The van der Waals surface area contributed by atoms with Crippen molar-refractivity contribution >= 4 is 21.4 Å². The van der Waals surface area contributed by atoms with E-state index in [0.29, 0.717) is 17.3 Å². The first-order valence-electron chi connectivity index (χ1n) is 5.53. The van der Waals surface area contributed by atoms with Gasteiger partial charge in [-0.3, -0.25) is 0 Å². The Hall–Kier alpha value is -0.430. The van der Waals surface area contributed by atoms with Crippen LogP contribution in [-0.2, 0) is 16.6 Å². The van der Waals surface area contributed by atoms with Gasteiger partial charge in [0.25, 0.3) is 0 Å². The molecule has 0 amide bonds. The van der Waals surface area contributed by atoms with Gasteiger partial charge in [0.2, 0.25) is 10.0 Å². The van der Waals surface area contributed by atoms with Crippen LogP contribution in [0.4, 0.5) is 0 Å². The van der Waals surface area contributed by atoms with Crippen molar-refractivity contribution in [1.82, 2.24) is 4.31 Å². The molecule has 4 nitrogen and oxygen atoms in total. The summed E-state index contributed by atoms with van der Waals surface area (Å²) in [5.41, 5.74) is 0. The lowest BCUT2D eigenvalue weighted by Crippen LogP contribution is -2.29. The molecule has 1 aromatic heterocycles. The van der Waals surface area contributed by atoms with Crippen molar-refractivity contribution < 1.29 is 13.5 Å². The minimum atomic E-state index is -3.45. The highest BCUT2D eigenvalue weighted by Crippen LogP contribution is 2.24. The number of aliphatic hydroxyl groups is 1. The Morgan fingerprint density at radius 1 is 1.47 bits per heavy atom. The Balaban J connectivity index is 2.88. The van der Waals surface area contributed by atoms with E-state index in [1.54, 1.807) is 18.5 Å². The van der Waals surface area contributed by atoms with Crippen molar-refractivity contribution in [2.75, 3.05) is 13.6 Å². The quantitative estimate of drug-likeness (QED) is 0.864. The van der Waals surface area contributed by atoms with Crippen LogP contribution in [0.15, 0.2) is 16.3 Å². The molecule has 0 saturated heterocycles. The van der Waals surface area contributed by atoms with Gasteiger partial charge in [-0.05, 0) is 23.8 Å². The lowest BCUT2D eigenvalue weighted by molar-refractivity contribution is 0.282. The number of rotatable bonds is 6. The van der Waals surface area contributed by atoms with Gasteiger partial charge in [0.1, 0.15) is 0 Å². The Labute approximate surface area is 107 Å².